The maximum absolute atomic E-state index is 12.5. The molecule has 0 bridgehead atoms. The van der Waals surface area contributed by atoms with Gasteiger partial charge in [0.25, 0.3) is 0 Å². The number of anilines is 1. The summed E-state index contributed by atoms with van der Waals surface area (Å²) in [6.45, 7) is 2.30. The minimum Gasteiger partial charge on any atom is -0.467 e. The Labute approximate surface area is 193 Å². The highest BCUT2D eigenvalue weighted by atomic mass is 35.5. The van der Waals surface area contributed by atoms with Crippen LogP contribution in [0.2, 0.25) is 10.0 Å². The SMILES string of the molecule is Cc1c(Cl)cccc1NC(=O)CSc1nnc(-c2ccc(Cl)cc2)n1Cc1ccco1. The van der Waals surface area contributed by atoms with Crippen LogP contribution < -0.4 is 5.32 Å². The van der Waals surface area contributed by atoms with Crippen LogP contribution in [0.5, 0.6) is 0 Å². The van der Waals surface area contributed by atoms with Crippen LogP contribution in [0.3, 0.4) is 0 Å². The number of rotatable bonds is 7. The lowest BCUT2D eigenvalue weighted by molar-refractivity contribution is -0.113. The zero-order valence-electron chi connectivity index (χ0n) is 16.5. The van der Waals surface area contributed by atoms with Crippen LogP contribution >= 0.6 is 35.0 Å². The smallest absolute Gasteiger partial charge is 0.234 e. The molecule has 4 rings (SSSR count). The van der Waals surface area contributed by atoms with Crippen molar-refractivity contribution >= 4 is 46.6 Å². The molecule has 2 aromatic heterocycles. The Hall–Kier alpha value is -2.74. The molecule has 2 aromatic carbocycles. The van der Waals surface area contributed by atoms with E-state index in [1.54, 1.807) is 30.5 Å². The molecule has 0 atom stereocenters. The zero-order valence-corrected chi connectivity index (χ0v) is 18.8. The molecule has 0 aliphatic rings. The van der Waals surface area contributed by atoms with Crippen LogP contribution in [0, 0.1) is 6.92 Å². The van der Waals surface area contributed by atoms with Crippen molar-refractivity contribution in [3.63, 3.8) is 0 Å². The molecule has 6 nitrogen and oxygen atoms in total. The molecule has 158 valence electrons. The Bertz CT molecular complexity index is 1190. The second-order valence-corrected chi connectivity index (χ2v) is 8.51. The van der Waals surface area contributed by atoms with Gasteiger partial charge in [0.15, 0.2) is 11.0 Å². The summed E-state index contributed by atoms with van der Waals surface area (Å²) in [6, 6.07) is 16.5. The first kappa shape index (κ1) is 21.5. The summed E-state index contributed by atoms with van der Waals surface area (Å²) < 4.78 is 7.42. The summed E-state index contributed by atoms with van der Waals surface area (Å²) in [6.07, 6.45) is 1.62. The van der Waals surface area contributed by atoms with Crippen LogP contribution in [-0.2, 0) is 11.3 Å². The van der Waals surface area contributed by atoms with E-state index in [4.69, 9.17) is 27.6 Å². The molecule has 0 radical (unpaired) electrons. The molecule has 9 heteroatoms. The topological polar surface area (TPSA) is 73.0 Å². The summed E-state index contributed by atoms with van der Waals surface area (Å²) in [7, 11) is 0. The van der Waals surface area contributed by atoms with Gasteiger partial charge in [0.1, 0.15) is 5.76 Å². The van der Waals surface area contributed by atoms with E-state index < -0.39 is 0 Å². The highest BCUT2D eigenvalue weighted by Gasteiger charge is 2.17. The number of carbonyl (C=O) groups excluding carboxylic acids is 1. The van der Waals surface area contributed by atoms with E-state index in [2.05, 4.69) is 15.5 Å². The Kier molecular flexibility index (Phi) is 6.65. The molecule has 0 aliphatic heterocycles. The number of benzene rings is 2. The van der Waals surface area contributed by atoms with E-state index >= 15 is 0 Å². The highest BCUT2D eigenvalue weighted by molar-refractivity contribution is 7.99. The Morgan fingerprint density at radius 2 is 1.90 bits per heavy atom. The number of nitrogens with one attached hydrogen (secondary N) is 1. The van der Waals surface area contributed by atoms with Crippen LogP contribution in [0.4, 0.5) is 5.69 Å². The van der Waals surface area contributed by atoms with Crippen LogP contribution in [0.1, 0.15) is 11.3 Å². The van der Waals surface area contributed by atoms with Crippen molar-refractivity contribution in [1.82, 2.24) is 14.8 Å². The second-order valence-electron chi connectivity index (χ2n) is 6.73. The minimum absolute atomic E-state index is 0.157. The van der Waals surface area contributed by atoms with Crippen LogP contribution in [0.15, 0.2) is 70.4 Å². The van der Waals surface area contributed by atoms with Gasteiger partial charge < -0.3 is 9.73 Å². The first-order valence-electron chi connectivity index (χ1n) is 9.40. The molecular weight excluding hydrogens is 455 g/mol. The van der Waals surface area contributed by atoms with Gasteiger partial charge in [0.05, 0.1) is 18.6 Å². The highest BCUT2D eigenvalue weighted by Crippen LogP contribution is 2.27. The lowest BCUT2D eigenvalue weighted by Crippen LogP contribution is -2.15. The molecule has 0 unspecified atom stereocenters. The predicted octanol–water partition coefficient (Wildman–Crippen LogP) is 5.93. The molecule has 2 heterocycles. The van der Waals surface area contributed by atoms with Crippen molar-refractivity contribution in [3.05, 3.63) is 82.2 Å². The van der Waals surface area contributed by atoms with Gasteiger partial charge in [-0.1, -0.05) is 41.0 Å². The van der Waals surface area contributed by atoms with Gasteiger partial charge in [-0.25, -0.2) is 0 Å². The summed E-state index contributed by atoms with van der Waals surface area (Å²) in [5.41, 5.74) is 2.39. The average Bonchev–Trinajstić information content (AvgIpc) is 3.41. The van der Waals surface area contributed by atoms with E-state index in [0.717, 1.165) is 16.9 Å². The molecule has 31 heavy (non-hydrogen) atoms. The van der Waals surface area contributed by atoms with E-state index in [0.29, 0.717) is 33.3 Å². The van der Waals surface area contributed by atoms with Crippen molar-refractivity contribution in [2.45, 2.75) is 18.6 Å². The molecular formula is C22H18Cl2N4O2S. The number of halogens is 2. The van der Waals surface area contributed by atoms with Gasteiger partial charge in [-0.3, -0.25) is 9.36 Å². The van der Waals surface area contributed by atoms with Gasteiger partial charge in [0, 0.05) is 21.3 Å². The predicted molar refractivity (Wildman–Crippen MR) is 124 cm³/mol. The van der Waals surface area contributed by atoms with Crippen LogP contribution in [-0.4, -0.2) is 26.4 Å². The maximum Gasteiger partial charge on any atom is 0.234 e. The third-order valence-corrected chi connectivity index (χ3v) is 6.22. The molecule has 4 aromatic rings. The monoisotopic (exact) mass is 472 g/mol. The maximum atomic E-state index is 12.5. The van der Waals surface area contributed by atoms with E-state index in [1.165, 1.54) is 11.8 Å². The molecule has 0 aliphatic carbocycles. The standard InChI is InChI=1S/C22H18Cl2N4O2S/c1-14-18(24)5-2-6-19(14)25-20(29)13-31-22-27-26-21(15-7-9-16(23)10-8-15)28(22)12-17-4-3-11-30-17/h2-11H,12-13H2,1H3,(H,25,29). The fourth-order valence-electron chi connectivity index (χ4n) is 2.97. The second kappa shape index (κ2) is 9.60. The van der Waals surface area contributed by atoms with Crippen molar-refractivity contribution in [2.75, 3.05) is 11.1 Å². The van der Waals surface area contributed by atoms with Gasteiger partial charge in [0.2, 0.25) is 5.91 Å². The number of aromatic nitrogens is 3. The molecule has 0 fully saturated rings. The van der Waals surface area contributed by atoms with Gasteiger partial charge in [-0.05, 0) is 61.0 Å². The number of amides is 1. The first-order chi connectivity index (χ1) is 15.0. The van der Waals surface area contributed by atoms with E-state index in [-0.39, 0.29) is 11.7 Å². The van der Waals surface area contributed by atoms with E-state index in [1.807, 2.05) is 41.8 Å². The number of hydrogen-bond donors (Lipinski definition) is 1. The Balaban J connectivity index is 1.54. The lowest BCUT2D eigenvalue weighted by Gasteiger charge is -2.10. The molecule has 0 spiro atoms. The lowest BCUT2D eigenvalue weighted by atomic mass is 10.2. The molecule has 0 saturated heterocycles. The molecule has 0 saturated carbocycles. The number of thioether (sulfide) groups is 1. The number of carbonyl (C=O) groups is 1. The van der Waals surface area contributed by atoms with Gasteiger partial charge in [-0.15, -0.1) is 10.2 Å². The van der Waals surface area contributed by atoms with Crippen molar-refractivity contribution in [2.24, 2.45) is 0 Å². The Morgan fingerprint density at radius 3 is 2.65 bits per heavy atom. The third kappa shape index (κ3) is 5.12. The third-order valence-electron chi connectivity index (χ3n) is 4.59. The summed E-state index contributed by atoms with van der Waals surface area (Å²) in [4.78, 5) is 12.5. The summed E-state index contributed by atoms with van der Waals surface area (Å²) in [5, 5.41) is 13.4. The van der Waals surface area contributed by atoms with E-state index in [9.17, 15) is 4.79 Å². The molecule has 1 N–H and O–H groups in total. The minimum atomic E-state index is -0.157. The summed E-state index contributed by atoms with van der Waals surface area (Å²) in [5.74, 6) is 1.44. The van der Waals surface area contributed by atoms with Crippen LogP contribution in [0.25, 0.3) is 11.4 Å². The fourth-order valence-corrected chi connectivity index (χ4v) is 4.01. The first-order valence-corrected chi connectivity index (χ1v) is 11.1. The zero-order chi connectivity index (χ0) is 21.8. The largest absolute Gasteiger partial charge is 0.467 e. The average molecular weight is 473 g/mol. The number of nitrogens with zero attached hydrogens (tertiary/aromatic N) is 3. The normalized spacial score (nSPS) is 10.9. The number of hydrogen-bond acceptors (Lipinski definition) is 5. The van der Waals surface area contributed by atoms with Gasteiger partial charge in [-0.2, -0.15) is 0 Å². The summed E-state index contributed by atoms with van der Waals surface area (Å²) >= 11 is 13.5. The fraction of sp³-hybridized carbons (Fsp3) is 0.136. The van der Waals surface area contributed by atoms with Crippen molar-refractivity contribution in [3.8, 4) is 11.4 Å². The number of furan rings is 1. The quantitative estimate of drug-likeness (QED) is 0.337. The van der Waals surface area contributed by atoms with Gasteiger partial charge >= 0.3 is 0 Å². The van der Waals surface area contributed by atoms with Crippen molar-refractivity contribution in [1.29, 1.82) is 0 Å². The van der Waals surface area contributed by atoms with Crippen molar-refractivity contribution < 1.29 is 9.21 Å². The Morgan fingerprint density at radius 1 is 1.10 bits per heavy atom. The molecule has 1 amide bonds.